The molecular formula is C36H74O4. The van der Waals surface area contributed by atoms with Gasteiger partial charge in [-0.25, -0.2) is 0 Å². The van der Waals surface area contributed by atoms with Crippen LogP contribution in [0.4, 0.5) is 0 Å². The zero-order valence-corrected chi connectivity index (χ0v) is 27.5. The molecule has 0 aromatic carbocycles. The molecule has 0 heterocycles. The van der Waals surface area contributed by atoms with Crippen LogP contribution in [-0.2, 0) is 9.47 Å². The summed E-state index contributed by atoms with van der Waals surface area (Å²) < 4.78 is 11.1. The molecule has 0 saturated heterocycles. The molecule has 0 rings (SSSR count). The monoisotopic (exact) mass is 571 g/mol. The molecule has 0 bridgehead atoms. The van der Waals surface area contributed by atoms with Crippen molar-refractivity contribution in [3.8, 4) is 0 Å². The number of hydrogen-bond donors (Lipinski definition) is 2. The summed E-state index contributed by atoms with van der Waals surface area (Å²) in [6.45, 7) is 6.32. The second kappa shape index (κ2) is 35.0. The van der Waals surface area contributed by atoms with E-state index in [1.54, 1.807) is 0 Å². The van der Waals surface area contributed by atoms with Crippen molar-refractivity contribution < 1.29 is 19.7 Å². The first-order valence-electron chi connectivity index (χ1n) is 18.2. The smallest absolute Gasteiger partial charge is 0.0773 e. The van der Waals surface area contributed by atoms with Gasteiger partial charge in [0.1, 0.15) is 0 Å². The lowest BCUT2D eigenvalue weighted by molar-refractivity contribution is -0.0202. The number of ether oxygens (including phenoxy) is 2. The summed E-state index contributed by atoms with van der Waals surface area (Å²) in [6, 6.07) is 0. The minimum Gasteiger partial charge on any atom is -0.391 e. The van der Waals surface area contributed by atoms with Gasteiger partial charge in [0, 0.05) is 0 Å². The number of aliphatic hydroxyl groups is 2. The molecule has 242 valence electrons. The molecule has 0 spiro atoms. The third-order valence-electron chi connectivity index (χ3n) is 8.27. The maximum Gasteiger partial charge on any atom is 0.0773 e. The molecule has 0 saturated carbocycles. The fraction of sp³-hybridized carbons (Fsp3) is 1.00. The van der Waals surface area contributed by atoms with Crippen LogP contribution in [0.25, 0.3) is 0 Å². The van der Waals surface area contributed by atoms with Crippen molar-refractivity contribution in [2.75, 3.05) is 26.4 Å². The third-order valence-corrected chi connectivity index (χ3v) is 8.27. The van der Waals surface area contributed by atoms with Gasteiger partial charge >= 0.3 is 0 Å². The first-order valence-corrected chi connectivity index (χ1v) is 18.2. The van der Waals surface area contributed by atoms with E-state index < -0.39 is 0 Å². The third kappa shape index (κ3) is 34.0. The molecule has 40 heavy (non-hydrogen) atoms. The van der Waals surface area contributed by atoms with Crippen molar-refractivity contribution in [1.29, 1.82) is 0 Å². The zero-order chi connectivity index (χ0) is 29.2. The van der Waals surface area contributed by atoms with Crippen LogP contribution >= 0.6 is 0 Å². The number of hydrogen-bond acceptors (Lipinski definition) is 4. The van der Waals surface area contributed by atoms with Crippen LogP contribution in [0.15, 0.2) is 0 Å². The fourth-order valence-corrected chi connectivity index (χ4v) is 5.52. The Labute approximate surface area is 251 Å². The highest BCUT2D eigenvalue weighted by Gasteiger charge is 2.06. The summed E-state index contributed by atoms with van der Waals surface area (Å²) >= 11 is 0. The normalized spacial score (nSPS) is 13.2. The molecular weight excluding hydrogens is 496 g/mol. The Bertz CT molecular complexity index is 445. The number of unbranched alkanes of at least 4 members (excludes halogenated alkanes) is 24. The average molecular weight is 571 g/mol. The first-order chi connectivity index (χ1) is 19.7. The Balaban J connectivity index is 3.24. The summed E-state index contributed by atoms with van der Waals surface area (Å²) in [5, 5.41) is 20.2. The lowest BCUT2D eigenvalue weighted by Gasteiger charge is -2.13. The van der Waals surface area contributed by atoms with Crippen LogP contribution in [-0.4, -0.2) is 48.8 Å². The zero-order valence-electron chi connectivity index (χ0n) is 27.5. The van der Waals surface area contributed by atoms with Crippen molar-refractivity contribution in [3.05, 3.63) is 0 Å². The molecule has 0 radical (unpaired) electrons. The topological polar surface area (TPSA) is 58.9 Å². The van der Waals surface area contributed by atoms with Gasteiger partial charge in [0.05, 0.1) is 38.6 Å². The van der Waals surface area contributed by atoms with E-state index >= 15 is 0 Å². The molecule has 0 aliphatic heterocycles. The van der Waals surface area contributed by atoms with Gasteiger partial charge in [-0.3, -0.25) is 0 Å². The lowest BCUT2D eigenvalue weighted by atomic mass is 10.0. The van der Waals surface area contributed by atoms with Gasteiger partial charge in [-0.15, -0.1) is 0 Å². The van der Waals surface area contributed by atoms with Crippen molar-refractivity contribution in [1.82, 2.24) is 0 Å². The van der Waals surface area contributed by atoms with E-state index in [1.807, 2.05) is 0 Å². The van der Waals surface area contributed by atoms with E-state index in [4.69, 9.17) is 9.47 Å². The lowest BCUT2D eigenvalue weighted by Crippen LogP contribution is -2.20. The highest BCUT2D eigenvalue weighted by Crippen LogP contribution is 2.15. The molecule has 2 atom stereocenters. The molecule has 0 aromatic heterocycles. The van der Waals surface area contributed by atoms with E-state index in [1.165, 1.54) is 154 Å². The Morgan fingerprint density at radius 2 is 0.575 bits per heavy atom. The van der Waals surface area contributed by atoms with E-state index in [2.05, 4.69) is 13.8 Å². The standard InChI is InChI=1S/C36H74O4/c1-3-5-7-9-11-13-15-17-18-20-22-24-26-28-30-36(38)34-40-32-31-39-33-35(37)29-27-25-23-21-19-16-14-12-10-8-6-4-2/h35-38H,3-34H2,1-2H3. The van der Waals surface area contributed by atoms with Gasteiger partial charge in [-0.05, 0) is 12.8 Å². The quantitative estimate of drug-likeness (QED) is 0.0744. The summed E-state index contributed by atoms with van der Waals surface area (Å²) in [4.78, 5) is 0. The highest BCUT2D eigenvalue weighted by atomic mass is 16.5. The average Bonchev–Trinajstić information content (AvgIpc) is 2.95. The Morgan fingerprint density at radius 3 is 0.825 bits per heavy atom. The Morgan fingerprint density at radius 1 is 0.350 bits per heavy atom. The van der Waals surface area contributed by atoms with E-state index in [0.717, 1.165) is 25.7 Å². The molecule has 0 aromatic rings. The predicted octanol–water partition coefficient (Wildman–Crippen LogP) is 10.7. The second-order valence-electron chi connectivity index (χ2n) is 12.5. The van der Waals surface area contributed by atoms with Crippen LogP contribution < -0.4 is 0 Å². The molecule has 0 fully saturated rings. The van der Waals surface area contributed by atoms with Crippen LogP contribution in [0.3, 0.4) is 0 Å². The van der Waals surface area contributed by atoms with Crippen LogP contribution in [0.2, 0.25) is 0 Å². The van der Waals surface area contributed by atoms with Crippen LogP contribution in [0, 0.1) is 0 Å². The molecule has 4 heteroatoms. The number of aliphatic hydroxyl groups excluding tert-OH is 2. The molecule has 2 N–H and O–H groups in total. The van der Waals surface area contributed by atoms with Crippen molar-refractivity contribution >= 4 is 0 Å². The van der Waals surface area contributed by atoms with E-state index in [-0.39, 0.29) is 12.2 Å². The molecule has 0 aliphatic rings. The largest absolute Gasteiger partial charge is 0.391 e. The Hall–Kier alpha value is -0.160. The number of rotatable bonds is 35. The van der Waals surface area contributed by atoms with Crippen molar-refractivity contribution in [2.24, 2.45) is 0 Å². The second-order valence-corrected chi connectivity index (χ2v) is 12.5. The van der Waals surface area contributed by atoms with E-state index in [0.29, 0.717) is 26.4 Å². The van der Waals surface area contributed by atoms with Gasteiger partial charge in [-0.1, -0.05) is 181 Å². The Kier molecular flexibility index (Phi) is 34.9. The van der Waals surface area contributed by atoms with Gasteiger partial charge in [0.25, 0.3) is 0 Å². The summed E-state index contributed by atoms with van der Waals surface area (Å²) in [5.74, 6) is 0. The van der Waals surface area contributed by atoms with Gasteiger partial charge in [-0.2, -0.15) is 0 Å². The summed E-state index contributed by atoms with van der Waals surface area (Å²) in [5.41, 5.74) is 0. The maximum atomic E-state index is 10.1. The fourth-order valence-electron chi connectivity index (χ4n) is 5.52. The van der Waals surface area contributed by atoms with Gasteiger partial charge in [0.2, 0.25) is 0 Å². The minimum absolute atomic E-state index is 0.367. The SMILES string of the molecule is CCCCCCCCCCCCCCCCC(O)COCCOCC(O)CCCCCCCCCCCCCC. The summed E-state index contributed by atoms with van der Waals surface area (Å²) in [6.07, 6.45) is 36.0. The molecule has 0 amide bonds. The molecule has 0 aliphatic carbocycles. The van der Waals surface area contributed by atoms with Crippen molar-refractivity contribution in [3.63, 3.8) is 0 Å². The van der Waals surface area contributed by atoms with Crippen LogP contribution in [0.1, 0.15) is 194 Å². The first kappa shape index (κ1) is 39.8. The maximum absolute atomic E-state index is 10.1. The van der Waals surface area contributed by atoms with Crippen molar-refractivity contribution in [2.45, 2.75) is 206 Å². The van der Waals surface area contributed by atoms with E-state index in [9.17, 15) is 10.2 Å². The molecule has 4 nitrogen and oxygen atoms in total. The van der Waals surface area contributed by atoms with Gasteiger partial charge < -0.3 is 19.7 Å². The van der Waals surface area contributed by atoms with Gasteiger partial charge in [0.15, 0.2) is 0 Å². The highest BCUT2D eigenvalue weighted by molar-refractivity contribution is 4.57. The predicted molar refractivity (Wildman–Crippen MR) is 174 cm³/mol. The van der Waals surface area contributed by atoms with Crippen LogP contribution in [0.5, 0.6) is 0 Å². The summed E-state index contributed by atoms with van der Waals surface area (Å²) in [7, 11) is 0. The molecule has 2 unspecified atom stereocenters. The minimum atomic E-state index is -0.367.